The Morgan fingerprint density at radius 3 is 1.30 bits per heavy atom. The molecule has 0 atom stereocenters. The highest BCUT2D eigenvalue weighted by molar-refractivity contribution is 5.82. The van der Waals surface area contributed by atoms with Crippen LogP contribution >= 0.6 is 0 Å². The Bertz CT molecular complexity index is 855. The summed E-state index contributed by atoms with van der Waals surface area (Å²) in [6.07, 6.45) is 10.8. The largest absolute Gasteiger partial charge is 0.462 e. The lowest BCUT2D eigenvalue weighted by Crippen LogP contribution is -1.93. The quantitative estimate of drug-likeness (QED) is 0.320. The molecule has 0 saturated carbocycles. The van der Waals surface area contributed by atoms with Crippen LogP contribution in [-0.4, -0.2) is 11.9 Å². The highest BCUT2D eigenvalue weighted by Gasteiger charge is 2.00. The third-order valence-electron chi connectivity index (χ3n) is 3.54. The maximum Gasteiger partial charge on any atom is 0.335 e. The molecule has 6 nitrogen and oxygen atoms in total. The van der Waals surface area contributed by atoms with Crippen molar-refractivity contribution in [1.82, 2.24) is 0 Å². The fourth-order valence-corrected chi connectivity index (χ4v) is 2.21. The van der Waals surface area contributed by atoms with Crippen LogP contribution in [0.1, 0.15) is 13.8 Å². The van der Waals surface area contributed by atoms with E-state index in [1.54, 1.807) is 50.3 Å². The topological polar surface area (TPSA) is 71.1 Å². The lowest BCUT2D eigenvalue weighted by Gasteiger charge is -2.05. The first kappa shape index (κ1) is 22.2. The zero-order valence-corrected chi connectivity index (χ0v) is 16.7. The highest BCUT2D eigenvalue weighted by atomic mass is 16.5. The van der Waals surface area contributed by atoms with E-state index in [0.717, 1.165) is 11.1 Å². The summed E-state index contributed by atoms with van der Waals surface area (Å²) in [7, 11) is 0. The first-order valence-electron chi connectivity index (χ1n) is 9.13. The van der Waals surface area contributed by atoms with Crippen molar-refractivity contribution in [3.8, 4) is 22.6 Å². The summed E-state index contributed by atoms with van der Waals surface area (Å²) < 4.78 is 20.3. The molecule has 0 aliphatic rings. The molecular weight excluding hydrogens is 384 g/mol. The molecule has 2 aromatic rings. The minimum absolute atomic E-state index is 0.467. The standard InChI is InChI=1S/C24H22O6/c1-3-5-23(25)29-17-15-27-21-11-7-19(8-12-21)20-9-13-22(14-10-20)28-16-18-30-24(26)6-4-2/h3-18H,1-2H3. The molecular formula is C24H22O6. The molecule has 6 heteroatoms. The van der Waals surface area contributed by atoms with Gasteiger partial charge in [0.1, 0.15) is 36.5 Å². The second-order valence-corrected chi connectivity index (χ2v) is 5.70. The van der Waals surface area contributed by atoms with Gasteiger partial charge in [-0.3, -0.25) is 0 Å². The van der Waals surface area contributed by atoms with Crippen LogP contribution in [0.5, 0.6) is 11.5 Å². The molecule has 0 unspecified atom stereocenters. The molecule has 0 aromatic heterocycles. The summed E-state index contributed by atoms with van der Waals surface area (Å²) in [5, 5.41) is 0. The van der Waals surface area contributed by atoms with Crippen LogP contribution in [0.2, 0.25) is 0 Å². The van der Waals surface area contributed by atoms with Crippen LogP contribution in [0.15, 0.2) is 97.9 Å². The van der Waals surface area contributed by atoms with Gasteiger partial charge in [0.2, 0.25) is 0 Å². The molecule has 0 amide bonds. The van der Waals surface area contributed by atoms with Gasteiger partial charge in [-0.25, -0.2) is 9.59 Å². The van der Waals surface area contributed by atoms with E-state index in [1.807, 2.05) is 24.3 Å². The maximum absolute atomic E-state index is 11.2. The fraction of sp³-hybridized carbons (Fsp3) is 0.0833. The molecule has 0 aliphatic heterocycles. The Morgan fingerprint density at radius 2 is 0.967 bits per heavy atom. The average Bonchev–Trinajstić information content (AvgIpc) is 2.76. The van der Waals surface area contributed by atoms with Gasteiger partial charge in [0.25, 0.3) is 0 Å². The zero-order valence-electron chi connectivity index (χ0n) is 16.7. The number of benzene rings is 2. The Balaban J connectivity index is 1.86. The highest BCUT2D eigenvalue weighted by Crippen LogP contribution is 2.24. The van der Waals surface area contributed by atoms with Crippen molar-refractivity contribution < 1.29 is 28.5 Å². The van der Waals surface area contributed by atoms with Gasteiger partial charge >= 0.3 is 11.9 Å². The second-order valence-electron chi connectivity index (χ2n) is 5.70. The van der Waals surface area contributed by atoms with Crippen molar-refractivity contribution in [3.05, 3.63) is 97.9 Å². The lowest BCUT2D eigenvalue weighted by atomic mass is 10.1. The summed E-state index contributed by atoms with van der Waals surface area (Å²) >= 11 is 0. The van der Waals surface area contributed by atoms with Crippen LogP contribution in [0.3, 0.4) is 0 Å². The molecule has 0 heterocycles. The van der Waals surface area contributed by atoms with Crippen molar-refractivity contribution in [3.63, 3.8) is 0 Å². The van der Waals surface area contributed by atoms with E-state index in [1.165, 1.54) is 37.2 Å². The van der Waals surface area contributed by atoms with Crippen molar-refractivity contribution in [1.29, 1.82) is 0 Å². The van der Waals surface area contributed by atoms with Gasteiger partial charge in [0, 0.05) is 12.2 Å². The van der Waals surface area contributed by atoms with Gasteiger partial charge < -0.3 is 18.9 Å². The number of allylic oxidation sites excluding steroid dienone is 2. The van der Waals surface area contributed by atoms with Crippen molar-refractivity contribution in [2.75, 3.05) is 0 Å². The lowest BCUT2D eigenvalue weighted by molar-refractivity contribution is -0.133. The summed E-state index contributed by atoms with van der Waals surface area (Å²) in [6, 6.07) is 14.9. The Hall–Kier alpha value is -4.06. The van der Waals surface area contributed by atoms with Gasteiger partial charge in [0.15, 0.2) is 0 Å². The average molecular weight is 406 g/mol. The van der Waals surface area contributed by atoms with Crippen molar-refractivity contribution in [2.45, 2.75) is 13.8 Å². The molecule has 30 heavy (non-hydrogen) atoms. The predicted molar refractivity (Wildman–Crippen MR) is 113 cm³/mol. The molecule has 0 radical (unpaired) electrons. The van der Waals surface area contributed by atoms with E-state index in [2.05, 4.69) is 0 Å². The molecule has 0 aliphatic carbocycles. The Morgan fingerprint density at radius 1 is 0.600 bits per heavy atom. The van der Waals surface area contributed by atoms with Crippen molar-refractivity contribution >= 4 is 11.9 Å². The summed E-state index contributed by atoms with van der Waals surface area (Å²) in [4.78, 5) is 22.3. The molecule has 2 aromatic carbocycles. The molecule has 2 rings (SSSR count). The fourth-order valence-electron chi connectivity index (χ4n) is 2.21. The first-order valence-corrected chi connectivity index (χ1v) is 9.13. The number of hydrogen-bond acceptors (Lipinski definition) is 6. The predicted octanol–water partition coefficient (Wildman–Crippen LogP) is 5.29. The molecule has 0 saturated heterocycles. The van der Waals surface area contributed by atoms with E-state index >= 15 is 0 Å². The molecule has 0 bridgehead atoms. The van der Waals surface area contributed by atoms with Crippen LogP contribution in [0.25, 0.3) is 11.1 Å². The number of rotatable bonds is 9. The number of carbonyl (C=O) groups is 2. The summed E-state index contributed by atoms with van der Waals surface area (Å²) in [5.74, 6) is 0.278. The molecule has 0 N–H and O–H groups in total. The van der Waals surface area contributed by atoms with Gasteiger partial charge in [-0.1, -0.05) is 36.4 Å². The molecule has 0 fully saturated rings. The zero-order chi connectivity index (χ0) is 21.6. The van der Waals surface area contributed by atoms with Gasteiger partial charge in [-0.15, -0.1) is 0 Å². The molecule has 0 spiro atoms. The van der Waals surface area contributed by atoms with E-state index in [-0.39, 0.29) is 0 Å². The summed E-state index contributed by atoms with van der Waals surface area (Å²) in [6.45, 7) is 3.46. The Kier molecular flexibility index (Phi) is 9.20. The van der Waals surface area contributed by atoms with E-state index in [0.29, 0.717) is 11.5 Å². The van der Waals surface area contributed by atoms with Crippen LogP contribution in [0, 0.1) is 0 Å². The smallest absolute Gasteiger partial charge is 0.335 e. The Labute approximate surface area is 175 Å². The third-order valence-corrected chi connectivity index (χ3v) is 3.54. The van der Waals surface area contributed by atoms with E-state index in [4.69, 9.17) is 18.9 Å². The van der Waals surface area contributed by atoms with Gasteiger partial charge in [0.05, 0.1) is 0 Å². The van der Waals surface area contributed by atoms with E-state index < -0.39 is 11.9 Å². The first-order chi connectivity index (χ1) is 14.6. The summed E-state index contributed by atoms with van der Waals surface area (Å²) in [5.41, 5.74) is 1.99. The maximum atomic E-state index is 11.2. The normalized spacial score (nSPS) is 11.4. The second kappa shape index (κ2) is 12.4. The van der Waals surface area contributed by atoms with Gasteiger partial charge in [-0.2, -0.15) is 0 Å². The number of ether oxygens (including phenoxy) is 4. The molecule has 154 valence electrons. The van der Waals surface area contributed by atoms with Gasteiger partial charge in [-0.05, 0) is 49.2 Å². The monoisotopic (exact) mass is 406 g/mol. The number of hydrogen-bond donors (Lipinski definition) is 0. The van der Waals surface area contributed by atoms with E-state index in [9.17, 15) is 9.59 Å². The van der Waals surface area contributed by atoms with Crippen molar-refractivity contribution in [2.24, 2.45) is 0 Å². The van der Waals surface area contributed by atoms with Crippen LogP contribution in [-0.2, 0) is 19.1 Å². The van der Waals surface area contributed by atoms with Crippen LogP contribution in [0.4, 0.5) is 0 Å². The van der Waals surface area contributed by atoms with Crippen LogP contribution < -0.4 is 9.47 Å². The minimum atomic E-state index is -0.467. The number of carbonyl (C=O) groups excluding carboxylic acids is 2. The minimum Gasteiger partial charge on any atom is -0.462 e. The number of esters is 2. The third kappa shape index (κ3) is 7.90. The SMILES string of the molecule is CC=CC(=O)OC=COc1ccc(-c2ccc(OC=COC(=O)C=CC)cc2)cc1.